The number of ether oxygens (including phenoxy) is 6. The molecule has 1 aliphatic carbocycles. The van der Waals surface area contributed by atoms with Crippen molar-refractivity contribution in [2.24, 2.45) is 17.6 Å². The SMILES string of the molecule is COc1cc2c(cc1OCCCOc1cc3c(cc1OC)C(=O)N1C=C(C4CC4)CC1[C@H](O[Si](C)(C)C(C)(C)C)N3C(=O)OC(C)(C)C)N(C(=O)OC(C)(C)C)[C@@H](O[Si](C)(C)C(C)(C)C)C1CC(c3ccc(NC(=O)[C@H](C)NC(=O)[C@@H](N)C(C)C)cc3)=CN1C2=O. The minimum atomic E-state index is -2.79. The zero-order valence-corrected chi connectivity index (χ0v) is 59.4. The molecule has 4 heterocycles. The van der Waals surface area contributed by atoms with E-state index in [1.165, 1.54) is 29.6 Å². The van der Waals surface area contributed by atoms with Crippen LogP contribution in [-0.4, -0.2) is 138 Å². The highest BCUT2D eigenvalue weighted by Gasteiger charge is 2.54. The van der Waals surface area contributed by atoms with Crippen molar-refractivity contribution in [1.82, 2.24) is 15.1 Å². The molecule has 2 unspecified atom stereocenters. The highest BCUT2D eigenvalue weighted by molar-refractivity contribution is 6.74. The zero-order valence-electron chi connectivity index (χ0n) is 57.4. The molecule has 8 rings (SSSR count). The van der Waals surface area contributed by atoms with E-state index in [0.29, 0.717) is 24.4 Å². The van der Waals surface area contributed by atoms with E-state index < -0.39 is 94.4 Å². The average molecular weight is 1290 g/mol. The molecule has 0 saturated heterocycles. The van der Waals surface area contributed by atoms with Crippen LogP contribution in [-0.2, 0) is 27.9 Å². The number of hydrogen-bond acceptors (Lipinski definition) is 15. The first-order chi connectivity index (χ1) is 42.1. The molecule has 0 spiro atoms. The van der Waals surface area contributed by atoms with Crippen LogP contribution in [0.25, 0.3) is 5.57 Å². The third-order valence-corrected chi connectivity index (χ3v) is 27.1. The van der Waals surface area contributed by atoms with Gasteiger partial charge in [-0.05, 0) is 163 Å². The number of carbonyl (C=O) groups excluding carboxylic acids is 6. The Balaban J connectivity index is 1.10. The molecule has 23 heteroatoms. The molecular weight excluding hydrogens is 1190 g/mol. The van der Waals surface area contributed by atoms with Gasteiger partial charge in [-0.2, -0.15) is 0 Å². The van der Waals surface area contributed by atoms with E-state index in [9.17, 15) is 19.2 Å². The number of anilines is 3. The van der Waals surface area contributed by atoms with Gasteiger partial charge in [0.25, 0.3) is 11.8 Å². The van der Waals surface area contributed by atoms with Gasteiger partial charge in [-0.25, -0.2) is 19.4 Å². The van der Waals surface area contributed by atoms with Crippen LogP contribution >= 0.6 is 0 Å². The van der Waals surface area contributed by atoms with Gasteiger partial charge in [0, 0.05) is 36.6 Å². The van der Waals surface area contributed by atoms with E-state index in [1.807, 2.05) is 32.2 Å². The lowest BCUT2D eigenvalue weighted by Crippen LogP contribution is -2.58. The summed E-state index contributed by atoms with van der Waals surface area (Å²) in [5, 5.41) is 4.97. The normalized spacial score (nSPS) is 20.3. The van der Waals surface area contributed by atoms with Crippen LogP contribution in [0.5, 0.6) is 23.0 Å². The second-order valence-corrected chi connectivity index (χ2v) is 39.5. The van der Waals surface area contributed by atoms with E-state index in [-0.39, 0.29) is 87.0 Å². The van der Waals surface area contributed by atoms with Crippen LogP contribution in [0.1, 0.15) is 162 Å². The summed E-state index contributed by atoms with van der Waals surface area (Å²) in [7, 11) is -2.47. The molecule has 6 atom stereocenters. The molecule has 0 radical (unpaired) electrons. The van der Waals surface area contributed by atoms with Crippen molar-refractivity contribution in [2.45, 2.75) is 220 Å². The van der Waals surface area contributed by atoms with Gasteiger partial charge in [-0.1, -0.05) is 67.5 Å². The van der Waals surface area contributed by atoms with Gasteiger partial charge in [0.05, 0.1) is 68.1 Å². The molecule has 0 aromatic heterocycles. The van der Waals surface area contributed by atoms with Crippen LogP contribution in [0.15, 0.2) is 66.5 Å². The lowest BCUT2D eigenvalue weighted by Gasteiger charge is -2.44. The predicted molar refractivity (Wildman–Crippen MR) is 357 cm³/mol. The molecule has 1 saturated carbocycles. The van der Waals surface area contributed by atoms with Crippen LogP contribution in [0.3, 0.4) is 0 Å². The van der Waals surface area contributed by atoms with Gasteiger partial charge in [0.1, 0.15) is 17.2 Å². The Hall–Kier alpha value is -6.93. The number of methoxy groups -OCH3 is 2. The molecule has 4 aliphatic heterocycles. The highest BCUT2D eigenvalue weighted by atomic mass is 28.4. The quantitative estimate of drug-likeness (QED) is 0.0747. The number of benzene rings is 3. The summed E-state index contributed by atoms with van der Waals surface area (Å²) in [6.45, 7) is 37.3. The molecule has 91 heavy (non-hydrogen) atoms. The lowest BCUT2D eigenvalue weighted by atomic mass is 10.0. The largest absolute Gasteiger partial charge is 0.493 e. The Kier molecular flexibility index (Phi) is 20.2. The Morgan fingerprint density at radius 3 is 1.46 bits per heavy atom. The number of nitrogens with one attached hydrogen (secondary N) is 2. The third kappa shape index (κ3) is 15.4. The highest BCUT2D eigenvalue weighted by Crippen LogP contribution is 2.51. The minimum absolute atomic E-state index is 0.0653. The van der Waals surface area contributed by atoms with Gasteiger partial charge in [0.15, 0.2) is 52.1 Å². The molecule has 21 nitrogen and oxygen atoms in total. The van der Waals surface area contributed by atoms with Crippen molar-refractivity contribution >= 4 is 75.1 Å². The monoisotopic (exact) mass is 1290 g/mol. The fourth-order valence-electron chi connectivity index (χ4n) is 10.8. The van der Waals surface area contributed by atoms with Crippen molar-refractivity contribution < 1.29 is 66.0 Å². The maximum Gasteiger partial charge on any atom is 0.417 e. The van der Waals surface area contributed by atoms with E-state index in [1.54, 1.807) is 101 Å². The summed E-state index contributed by atoms with van der Waals surface area (Å²) in [5.41, 5.74) is 8.23. The van der Waals surface area contributed by atoms with Gasteiger partial charge in [-0.15, -0.1) is 0 Å². The van der Waals surface area contributed by atoms with E-state index in [0.717, 1.165) is 24.0 Å². The van der Waals surface area contributed by atoms with E-state index in [4.69, 9.17) is 43.0 Å². The number of nitrogens with two attached hydrogens (primary N) is 1. The maximum atomic E-state index is 15.4. The number of fused-ring (bicyclic) bond motifs is 4. The molecular formula is C68H99N7O14Si2. The summed E-state index contributed by atoms with van der Waals surface area (Å²) in [6.07, 6.45) is 3.61. The summed E-state index contributed by atoms with van der Waals surface area (Å²) in [6, 6.07) is 10.8. The van der Waals surface area contributed by atoms with Crippen LogP contribution in [0, 0.1) is 11.8 Å². The maximum absolute atomic E-state index is 15.4. The lowest BCUT2D eigenvalue weighted by molar-refractivity contribution is -0.127. The van der Waals surface area contributed by atoms with Gasteiger partial charge < -0.3 is 63.4 Å². The second kappa shape index (κ2) is 26.2. The topological polar surface area (TPSA) is 239 Å². The number of rotatable bonds is 19. The predicted octanol–water partition coefficient (Wildman–Crippen LogP) is 12.9. The fourth-order valence-corrected chi connectivity index (χ4v) is 13.2. The van der Waals surface area contributed by atoms with E-state index >= 15 is 9.59 Å². The molecule has 6 amide bonds. The Labute approximate surface area is 540 Å². The van der Waals surface area contributed by atoms with Crippen molar-refractivity contribution in [3.63, 3.8) is 0 Å². The third-order valence-electron chi connectivity index (χ3n) is 18.2. The zero-order chi connectivity index (χ0) is 67.4. The molecule has 3 aromatic rings. The Morgan fingerprint density at radius 2 is 1.05 bits per heavy atom. The average Bonchev–Trinajstić information content (AvgIpc) is 1.66. The van der Waals surface area contributed by atoms with Crippen LogP contribution < -0.4 is 45.1 Å². The minimum Gasteiger partial charge on any atom is -0.493 e. The summed E-state index contributed by atoms with van der Waals surface area (Å²) >= 11 is 0. The van der Waals surface area contributed by atoms with Crippen molar-refractivity contribution in [1.29, 1.82) is 0 Å². The molecule has 4 N–H and O–H groups in total. The molecule has 498 valence electrons. The summed E-state index contributed by atoms with van der Waals surface area (Å²) in [5.74, 6) is -0.266. The van der Waals surface area contributed by atoms with Crippen LogP contribution in [0.4, 0.5) is 26.7 Å². The van der Waals surface area contributed by atoms with Gasteiger partial charge in [-0.3, -0.25) is 19.2 Å². The number of hydrogen-bond donors (Lipinski definition) is 3. The molecule has 1 fully saturated rings. The van der Waals surface area contributed by atoms with Crippen molar-refractivity contribution in [3.05, 3.63) is 83.2 Å². The first kappa shape index (κ1) is 70.0. The number of amides is 6. The molecule has 5 aliphatic rings. The van der Waals surface area contributed by atoms with Gasteiger partial charge >= 0.3 is 12.2 Å². The first-order valence-electron chi connectivity index (χ1n) is 31.8. The summed E-state index contributed by atoms with van der Waals surface area (Å²) < 4.78 is 51.9. The fraction of sp³-hybridized carbons (Fsp3) is 0.588. The van der Waals surface area contributed by atoms with Crippen molar-refractivity contribution in [2.75, 3.05) is 42.5 Å². The molecule has 0 bridgehead atoms. The molecule has 3 aromatic carbocycles. The first-order valence-corrected chi connectivity index (χ1v) is 37.6. The Bertz CT molecular complexity index is 3330. The van der Waals surface area contributed by atoms with Gasteiger partial charge in [0.2, 0.25) is 11.8 Å². The van der Waals surface area contributed by atoms with Crippen LogP contribution in [0.2, 0.25) is 36.3 Å². The number of carbonyl (C=O) groups is 6. The smallest absolute Gasteiger partial charge is 0.417 e. The second-order valence-electron chi connectivity index (χ2n) is 30.0. The Morgan fingerprint density at radius 1 is 0.615 bits per heavy atom. The van der Waals surface area contributed by atoms with Crippen molar-refractivity contribution in [3.8, 4) is 23.0 Å². The standard InChI is InChI=1S/C68H99N7O14Si2/c1-39(2)56(69)58(77)70-40(3)57(76)71-45-27-25-42(26-28-45)44-32-51-62(89-91(20,21)68(13,14)15)75(64(81)87-66(7,8)9)49-36-55(53(83-17)34-47(49)60(79)73(51)38-44)85-30-22-29-84-54-35-48-46(33-52(54)82-16)59(78)72-37-43(41-23-24-41)31-50(72)61(88-90(18,19)67(10,11)12)74(48)63(80)86-65(4,5)6/h25-28,33-41,50-51,56,61-62H,22-24,29-32,69H2,1-21H3,(H,70,77)(H,71,76)/t40-,50?,51?,56-,61-,62-/m0/s1. The number of nitrogens with zero attached hydrogens (tertiary/aromatic N) is 4. The summed E-state index contributed by atoms with van der Waals surface area (Å²) in [4.78, 5) is 92.4. The van der Waals surface area contributed by atoms with E-state index in [2.05, 4.69) is 78.4 Å².